The standard InChI is InChI=1S/C17H25NO/c1-13(12-18)7-15-9-16(11-17(19)10-15)8-14-5-3-2-4-6-14/h2-6,13,15-16H,7-12,18H2,1H3. The third-order valence-electron chi connectivity index (χ3n) is 4.20. The van der Waals surface area contributed by atoms with Crippen LogP contribution in [-0.4, -0.2) is 12.3 Å². The largest absolute Gasteiger partial charge is 0.330 e. The van der Waals surface area contributed by atoms with Crippen LogP contribution in [0.1, 0.15) is 38.2 Å². The van der Waals surface area contributed by atoms with Gasteiger partial charge in [0.05, 0.1) is 0 Å². The fourth-order valence-corrected chi connectivity index (χ4v) is 3.31. The van der Waals surface area contributed by atoms with Crippen molar-refractivity contribution in [2.45, 2.75) is 39.0 Å². The summed E-state index contributed by atoms with van der Waals surface area (Å²) in [5.74, 6) is 2.06. The first kappa shape index (κ1) is 14.3. The first-order valence-corrected chi connectivity index (χ1v) is 7.43. The second-order valence-electron chi connectivity index (χ2n) is 6.18. The van der Waals surface area contributed by atoms with Crippen LogP contribution in [0, 0.1) is 17.8 Å². The van der Waals surface area contributed by atoms with E-state index in [0.717, 1.165) is 32.2 Å². The molecule has 2 N–H and O–H groups in total. The lowest BCUT2D eigenvalue weighted by Gasteiger charge is -2.29. The lowest BCUT2D eigenvalue weighted by atomic mass is 9.75. The molecule has 1 aliphatic rings. The Hall–Kier alpha value is -1.15. The van der Waals surface area contributed by atoms with Gasteiger partial charge in [0.2, 0.25) is 0 Å². The van der Waals surface area contributed by atoms with Crippen LogP contribution in [0.15, 0.2) is 30.3 Å². The molecule has 1 aromatic carbocycles. The second kappa shape index (κ2) is 6.85. The van der Waals surface area contributed by atoms with E-state index >= 15 is 0 Å². The molecule has 1 fully saturated rings. The summed E-state index contributed by atoms with van der Waals surface area (Å²) in [6.07, 6.45) is 4.87. The normalized spacial score (nSPS) is 25.3. The zero-order valence-corrected chi connectivity index (χ0v) is 11.8. The highest BCUT2D eigenvalue weighted by Crippen LogP contribution is 2.33. The van der Waals surface area contributed by atoms with Crippen LogP contribution in [0.2, 0.25) is 0 Å². The molecule has 3 atom stereocenters. The molecule has 0 bridgehead atoms. The van der Waals surface area contributed by atoms with Crippen molar-refractivity contribution in [3.8, 4) is 0 Å². The predicted octanol–water partition coefficient (Wildman–Crippen LogP) is 3.20. The lowest BCUT2D eigenvalue weighted by Crippen LogP contribution is -2.26. The summed E-state index contributed by atoms with van der Waals surface area (Å²) < 4.78 is 0. The topological polar surface area (TPSA) is 43.1 Å². The Labute approximate surface area is 116 Å². The van der Waals surface area contributed by atoms with Crippen molar-refractivity contribution in [2.24, 2.45) is 23.5 Å². The Kier molecular flexibility index (Phi) is 5.15. The third-order valence-corrected chi connectivity index (χ3v) is 4.20. The summed E-state index contributed by atoms with van der Waals surface area (Å²) in [5, 5.41) is 0. The van der Waals surface area contributed by atoms with E-state index in [4.69, 9.17) is 5.73 Å². The Bertz CT molecular complexity index is 401. The van der Waals surface area contributed by atoms with Crippen molar-refractivity contribution in [3.63, 3.8) is 0 Å². The highest BCUT2D eigenvalue weighted by Gasteiger charge is 2.28. The molecule has 3 unspecified atom stereocenters. The van der Waals surface area contributed by atoms with E-state index in [1.165, 1.54) is 12.0 Å². The number of ketones is 1. The molecule has 2 heteroatoms. The average molecular weight is 259 g/mol. The van der Waals surface area contributed by atoms with Gasteiger partial charge in [-0.1, -0.05) is 37.3 Å². The van der Waals surface area contributed by atoms with Crippen LogP contribution in [0.5, 0.6) is 0 Å². The molecule has 2 rings (SSSR count). The van der Waals surface area contributed by atoms with E-state index in [-0.39, 0.29) is 0 Å². The molecule has 2 nitrogen and oxygen atoms in total. The maximum atomic E-state index is 11.9. The number of Topliss-reactive ketones (excluding diaryl/α,β-unsaturated/α-hetero) is 1. The molecular weight excluding hydrogens is 234 g/mol. The molecule has 0 spiro atoms. The van der Waals surface area contributed by atoms with Crippen molar-refractivity contribution >= 4 is 5.78 Å². The quantitative estimate of drug-likeness (QED) is 0.882. The van der Waals surface area contributed by atoms with Crippen molar-refractivity contribution in [2.75, 3.05) is 6.54 Å². The summed E-state index contributed by atoms with van der Waals surface area (Å²) in [5.41, 5.74) is 7.05. The highest BCUT2D eigenvalue weighted by atomic mass is 16.1. The number of hydrogen-bond donors (Lipinski definition) is 1. The van der Waals surface area contributed by atoms with Gasteiger partial charge in [-0.05, 0) is 49.1 Å². The molecule has 1 saturated carbocycles. The van der Waals surface area contributed by atoms with E-state index in [1.807, 2.05) is 6.07 Å². The van der Waals surface area contributed by atoms with Crippen LogP contribution in [0.4, 0.5) is 0 Å². The Morgan fingerprint density at radius 2 is 1.89 bits per heavy atom. The molecule has 0 aromatic heterocycles. The summed E-state index contributed by atoms with van der Waals surface area (Å²) in [6.45, 7) is 2.92. The first-order valence-electron chi connectivity index (χ1n) is 7.43. The average Bonchev–Trinajstić information content (AvgIpc) is 2.39. The molecule has 0 amide bonds. The monoisotopic (exact) mass is 259 g/mol. The van der Waals surface area contributed by atoms with Gasteiger partial charge in [-0.15, -0.1) is 0 Å². The zero-order valence-electron chi connectivity index (χ0n) is 11.8. The zero-order chi connectivity index (χ0) is 13.7. The van der Waals surface area contributed by atoms with Crippen molar-refractivity contribution < 1.29 is 4.79 Å². The molecule has 0 saturated heterocycles. The number of nitrogens with two attached hydrogens (primary N) is 1. The van der Waals surface area contributed by atoms with Gasteiger partial charge in [0, 0.05) is 12.8 Å². The summed E-state index contributed by atoms with van der Waals surface area (Å²) in [4.78, 5) is 11.9. The SMILES string of the molecule is CC(CN)CC1CC(=O)CC(Cc2ccccc2)C1. The summed E-state index contributed by atoms with van der Waals surface area (Å²) in [6, 6.07) is 10.5. The van der Waals surface area contributed by atoms with Crippen molar-refractivity contribution in [1.29, 1.82) is 0 Å². The van der Waals surface area contributed by atoms with Gasteiger partial charge < -0.3 is 5.73 Å². The molecule has 0 radical (unpaired) electrons. The van der Waals surface area contributed by atoms with Gasteiger partial charge >= 0.3 is 0 Å². The van der Waals surface area contributed by atoms with Crippen LogP contribution in [0.25, 0.3) is 0 Å². The predicted molar refractivity (Wildman–Crippen MR) is 78.8 cm³/mol. The molecule has 1 aliphatic carbocycles. The van der Waals surface area contributed by atoms with Crippen LogP contribution >= 0.6 is 0 Å². The van der Waals surface area contributed by atoms with E-state index in [2.05, 4.69) is 31.2 Å². The molecule has 1 aromatic rings. The van der Waals surface area contributed by atoms with E-state index in [9.17, 15) is 4.79 Å². The number of hydrogen-bond acceptors (Lipinski definition) is 2. The number of rotatable bonds is 5. The number of carbonyl (C=O) groups excluding carboxylic acids is 1. The fourth-order valence-electron chi connectivity index (χ4n) is 3.31. The molecule has 19 heavy (non-hydrogen) atoms. The van der Waals surface area contributed by atoms with E-state index in [0.29, 0.717) is 23.5 Å². The van der Waals surface area contributed by atoms with Gasteiger partial charge in [0.15, 0.2) is 0 Å². The summed E-state index contributed by atoms with van der Waals surface area (Å²) >= 11 is 0. The van der Waals surface area contributed by atoms with Gasteiger partial charge in [0.1, 0.15) is 5.78 Å². The molecule has 104 valence electrons. The maximum Gasteiger partial charge on any atom is 0.133 e. The number of benzene rings is 1. The van der Waals surface area contributed by atoms with Gasteiger partial charge in [0.25, 0.3) is 0 Å². The van der Waals surface area contributed by atoms with Gasteiger partial charge in [-0.2, -0.15) is 0 Å². The highest BCUT2D eigenvalue weighted by molar-refractivity contribution is 5.79. The van der Waals surface area contributed by atoms with Gasteiger partial charge in [-0.3, -0.25) is 4.79 Å². The van der Waals surface area contributed by atoms with E-state index in [1.54, 1.807) is 0 Å². The van der Waals surface area contributed by atoms with Crippen molar-refractivity contribution in [3.05, 3.63) is 35.9 Å². The van der Waals surface area contributed by atoms with Gasteiger partial charge in [-0.25, -0.2) is 0 Å². The van der Waals surface area contributed by atoms with Crippen LogP contribution < -0.4 is 5.73 Å². The fraction of sp³-hybridized carbons (Fsp3) is 0.588. The van der Waals surface area contributed by atoms with Crippen LogP contribution in [0.3, 0.4) is 0 Å². The summed E-state index contributed by atoms with van der Waals surface area (Å²) in [7, 11) is 0. The Balaban J connectivity index is 1.92. The van der Waals surface area contributed by atoms with E-state index < -0.39 is 0 Å². The number of carbonyl (C=O) groups is 1. The minimum absolute atomic E-state index is 0.446. The smallest absolute Gasteiger partial charge is 0.133 e. The van der Waals surface area contributed by atoms with Crippen molar-refractivity contribution in [1.82, 2.24) is 0 Å². The first-order chi connectivity index (χ1) is 9.17. The van der Waals surface area contributed by atoms with Crippen LogP contribution in [-0.2, 0) is 11.2 Å². The molecule has 0 heterocycles. The second-order valence-corrected chi connectivity index (χ2v) is 6.18. The molecule has 0 aliphatic heterocycles. The lowest BCUT2D eigenvalue weighted by molar-refractivity contribution is -0.123. The minimum Gasteiger partial charge on any atom is -0.330 e. The third kappa shape index (κ3) is 4.46. The Morgan fingerprint density at radius 1 is 1.21 bits per heavy atom. The Morgan fingerprint density at radius 3 is 2.58 bits per heavy atom. The molecular formula is C17H25NO. The maximum absolute atomic E-state index is 11.9. The minimum atomic E-state index is 0.446.